The molecule has 1 aliphatic rings. The maximum absolute atomic E-state index is 5.51. The monoisotopic (exact) mass is 205 g/mol. The summed E-state index contributed by atoms with van der Waals surface area (Å²) in [4.78, 5) is 1.37. The molecule has 2 rings (SSSR count). The molecule has 0 saturated heterocycles. The van der Waals surface area contributed by atoms with Gasteiger partial charge in [-0.3, -0.25) is 0 Å². The SMILES string of the molecule is CNC1COc2ccsc2C1.Cl. The van der Waals surface area contributed by atoms with Gasteiger partial charge >= 0.3 is 0 Å². The van der Waals surface area contributed by atoms with E-state index in [2.05, 4.69) is 10.7 Å². The summed E-state index contributed by atoms with van der Waals surface area (Å²) in [6.07, 6.45) is 1.11. The zero-order valence-corrected chi connectivity index (χ0v) is 8.50. The van der Waals surface area contributed by atoms with Crippen molar-refractivity contribution in [2.24, 2.45) is 0 Å². The van der Waals surface area contributed by atoms with Gasteiger partial charge in [0.2, 0.25) is 0 Å². The van der Waals surface area contributed by atoms with Gasteiger partial charge in [-0.25, -0.2) is 0 Å². The van der Waals surface area contributed by atoms with E-state index in [1.807, 2.05) is 13.1 Å². The highest BCUT2D eigenvalue weighted by molar-refractivity contribution is 7.10. The Morgan fingerprint density at radius 2 is 2.50 bits per heavy atom. The molecule has 1 unspecified atom stereocenters. The van der Waals surface area contributed by atoms with E-state index in [0.717, 1.165) is 18.8 Å². The number of ether oxygens (including phenoxy) is 1. The van der Waals surface area contributed by atoms with Gasteiger partial charge < -0.3 is 10.1 Å². The third kappa shape index (κ3) is 1.73. The van der Waals surface area contributed by atoms with Crippen molar-refractivity contribution in [3.8, 4) is 5.75 Å². The average Bonchev–Trinajstić information content (AvgIpc) is 2.50. The number of hydrogen-bond acceptors (Lipinski definition) is 3. The largest absolute Gasteiger partial charge is 0.491 e. The lowest BCUT2D eigenvalue weighted by Crippen LogP contribution is -2.36. The number of likely N-dealkylation sites (N-methyl/N-ethyl adjacent to an activating group) is 1. The van der Waals surface area contributed by atoms with Gasteiger partial charge in [0.05, 0.1) is 0 Å². The van der Waals surface area contributed by atoms with Crippen LogP contribution in [-0.2, 0) is 6.42 Å². The molecular weight excluding hydrogens is 194 g/mol. The van der Waals surface area contributed by atoms with Crippen LogP contribution in [0.25, 0.3) is 0 Å². The fourth-order valence-corrected chi connectivity index (χ4v) is 2.16. The van der Waals surface area contributed by atoms with Crippen molar-refractivity contribution in [3.63, 3.8) is 0 Å². The van der Waals surface area contributed by atoms with Crippen molar-refractivity contribution < 1.29 is 4.74 Å². The Hall–Kier alpha value is -0.250. The van der Waals surface area contributed by atoms with Crippen LogP contribution in [0, 0.1) is 0 Å². The summed E-state index contributed by atoms with van der Waals surface area (Å²) in [5, 5.41) is 5.30. The molecule has 0 fully saturated rings. The predicted octanol–water partition coefficient (Wildman–Crippen LogP) is 1.69. The second-order valence-electron chi connectivity index (χ2n) is 2.71. The number of hydrogen-bond donors (Lipinski definition) is 1. The highest BCUT2D eigenvalue weighted by Crippen LogP contribution is 2.29. The van der Waals surface area contributed by atoms with Crippen molar-refractivity contribution >= 4 is 23.7 Å². The average molecular weight is 206 g/mol. The molecule has 1 aromatic heterocycles. The topological polar surface area (TPSA) is 21.3 Å². The van der Waals surface area contributed by atoms with Gasteiger partial charge in [0, 0.05) is 17.3 Å². The smallest absolute Gasteiger partial charge is 0.133 e. The standard InChI is InChI=1S/C8H11NOS.ClH/c1-9-6-4-8-7(10-5-6)2-3-11-8;/h2-3,6,9H,4-5H2,1H3;1H. The molecule has 4 heteroatoms. The first kappa shape index (κ1) is 9.84. The molecule has 0 spiro atoms. The van der Waals surface area contributed by atoms with E-state index >= 15 is 0 Å². The minimum atomic E-state index is 0. The highest BCUT2D eigenvalue weighted by Gasteiger charge is 2.18. The van der Waals surface area contributed by atoms with Crippen molar-refractivity contribution in [1.29, 1.82) is 0 Å². The summed E-state index contributed by atoms with van der Waals surface area (Å²) >= 11 is 1.78. The maximum atomic E-state index is 5.51. The first-order valence-corrected chi connectivity index (χ1v) is 4.64. The Balaban J connectivity index is 0.000000720. The first-order chi connectivity index (χ1) is 5.40. The molecular formula is C8H12ClNOS. The van der Waals surface area contributed by atoms with Crippen LogP contribution >= 0.6 is 23.7 Å². The van der Waals surface area contributed by atoms with E-state index in [4.69, 9.17) is 4.74 Å². The fraction of sp³-hybridized carbons (Fsp3) is 0.500. The second-order valence-corrected chi connectivity index (χ2v) is 3.71. The summed E-state index contributed by atoms with van der Waals surface area (Å²) in [7, 11) is 1.98. The first-order valence-electron chi connectivity index (χ1n) is 3.76. The summed E-state index contributed by atoms with van der Waals surface area (Å²) in [5.41, 5.74) is 0. The molecule has 0 amide bonds. The molecule has 1 aliphatic heterocycles. The Labute approximate surface area is 82.3 Å². The zero-order valence-electron chi connectivity index (χ0n) is 6.87. The van der Waals surface area contributed by atoms with Crippen LogP contribution in [0.1, 0.15) is 4.88 Å². The van der Waals surface area contributed by atoms with Gasteiger partial charge in [-0.1, -0.05) is 0 Å². The summed E-state index contributed by atoms with van der Waals surface area (Å²) in [5.74, 6) is 1.08. The van der Waals surface area contributed by atoms with E-state index < -0.39 is 0 Å². The fourth-order valence-electron chi connectivity index (χ4n) is 1.26. The molecule has 2 nitrogen and oxygen atoms in total. The number of nitrogens with one attached hydrogen (secondary N) is 1. The molecule has 12 heavy (non-hydrogen) atoms. The Morgan fingerprint density at radius 3 is 3.25 bits per heavy atom. The van der Waals surface area contributed by atoms with Gasteiger partial charge in [-0.05, 0) is 18.5 Å². The zero-order chi connectivity index (χ0) is 7.68. The summed E-state index contributed by atoms with van der Waals surface area (Å²) in [6, 6.07) is 2.55. The number of fused-ring (bicyclic) bond motifs is 1. The Kier molecular flexibility index (Phi) is 3.38. The van der Waals surface area contributed by atoms with Crippen LogP contribution in [-0.4, -0.2) is 19.7 Å². The van der Waals surface area contributed by atoms with Crippen molar-refractivity contribution in [2.75, 3.05) is 13.7 Å². The molecule has 2 heterocycles. The number of thiophene rings is 1. The van der Waals surface area contributed by atoms with E-state index in [1.54, 1.807) is 11.3 Å². The molecule has 1 aromatic rings. The quantitative estimate of drug-likeness (QED) is 0.754. The van der Waals surface area contributed by atoms with Crippen LogP contribution in [0.2, 0.25) is 0 Å². The lowest BCUT2D eigenvalue weighted by molar-refractivity contribution is 0.248. The predicted molar refractivity (Wildman–Crippen MR) is 53.6 cm³/mol. The lowest BCUT2D eigenvalue weighted by Gasteiger charge is -2.21. The second kappa shape index (κ2) is 4.12. The van der Waals surface area contributed by atoms with Crippen LogP contribution in [0.3, 0.4) is 0 Å². The van der Waals surface area contributed by atoms with Crippen LogP contribution in [0.5, 0.6) is 5.75 Å². The van der Waals surface area contributed by atoms with Gasteiger partial charge in [-0.2, -0.15) is 0 Å². The number of halogens is 1. The maximum Gasteiger partial charge on any atom is 0.133 e. The molecule has 0 radical (unpaired) electrons. The van der Waals surface area contributed by atoms with E-state index in [9.17, 15) is 0 Å². The normalized spacial score (nSPS) is 20.6. The van der Waals surface area contributed by atoms with Crippen LogP contribution < -0.4 is 10.1 Å². The molecule has 0 saturated carbocycles. The van der Waals surface area contributed by atoms with Gasteiger partial charge in [0.1, 0.15) is 12.4 Å². The van der Waals surface area contributed by atoms with E-state index in [1.165, 1.54) is 4.88 Å². The summed E-state index contributed by atoms with van der Waals surface area (Å²) in [6.45, 7) is 0.806. The van der Waals surface area contributed by atoms with Gasteiger partial charge in [-0.15, -0.1) is 23.7 Å². The molecule has 0 aromatic carbocycles. The van der Waals surface area contributed by atoms with Crippen LogP contribution in [0.15, 0.2) is 11.4 Å². The minimum Gasteiger partial charge on any atom is -0.491 e. The number of rotatable bonds is 1. The summed E-state index contributed by atoms with van der Waals surface area (Å²) < 4.78 is 5.51. The van der Waals surface area contributed by atoms with Gasteiger partial charge in [0.15, 0.2) is 0 Å². The molecule has 1 N–H and O–H groups in total. The molecule has 0 bridgehead atoms. The molecule has 0 aliphatic carbocycles. The van der Waals surface area contributed by atoms with Crippen molar-refractivity contribution in [2.45, 2.75) is 12.5 Å². The van der Waals surface area contributed by atoms with Crippen molar-refractivity contribution in [3.05, 3.63) is 16.3 Å². The van der Waals surface area contributed by atoms with Crippen molar-refractivity contribution in [1.82, 2.24) is 5.32 Å². The molecule has 68 valence electrons. The third-order valence-corrected chi connectivity index (χ3v) is 2.91. The van der Waals surface area contributed by atoms with Crippen LogP contribution in [0.4, 0.5) is 0 Å². The third-order valence-electron chi connectivity index (χ3n) is 1.98. The lowest BCUT2D eigenvalue weighted by atomic mass is 10.1. The minimum absolute atomic E-state index is 0. The van der Waals surface area contributed by atoms with E-state index in [-0.39, 0.29) is 12.4 Å². The highest BCUT2D eigenvalue weighted by atomic mass is 35.5. The Morgan fingerprint density at radius 1 is 1.67 bits per heavy atom. The Bertz CT molecular complexity index is 251. The molecule has 1 atom stereocenters. The van der Waals surface area contributed by atoms with E-state index in [0.29, 0.717) is 6.04 Å². The van der Waals surface area contributed by atoms with Gasteiger partial charge in [0.25, 0.3) is 0 Å².